The zero-order chi connectivity index (χ0) is 29.1. The van der Waals surface area contributed by atoms with Gasteiger partial charge in [-0.2, -0.15) is 0 Å². The van der Waals surface area contributed by atoms with Gasteiger partial charge in [-0.05, 0) is 38.2 Å². The van der Waals surface area contributed by atoms with Gasteiger partial charge < -0.3 is 19.8 Å². The topological polar surface area (TPSA) is 81.2 Å². The molecule has 218 valence electrons. The molecule has 0 aromatic heterocycles. The van der Waals surface area contributed by atoms with E-state index in [1.165, 1.54) is 0 Å². The minimum atomic E-state index is -0.748. The number of carbonyl (C=O) groups excluding carboxylic acids is 3. The van der Waals surface area contributed by atoms with Crippen LogP contribution >= 0.6 is 11.8 Å². The summed E-state index contributed by atoms with van der Waals surface area (Å²) in [5.74, 6) is -1.49. The molecule has 1 aromatic carbocycles. The van der Waals surface area contributed by atoms with Gasteiger partial charge in [0.05, 0.1) is 29.2 Å². The first-order valence-electron chi connectivity index (χ1n) is 14.6. The maximum Gasteiger partial charge on any atom is 0.247 e. The van der Waals surface area contributed by atoms with Gasteiger partial charge in [-0.15, -0.1) is 24.9 Å². The van der Waals surface area contributed by atoms with Crippen LogP contribution in [-0.2, 0) is 20.8 Å². The van der Waals surface area contributed by atoms with Gasteiger partial charge in [-0.1, -0.05) is 62.2 Å². The third-order valence-corrected chi connectivity index (χ3v) is 11.1. The first-order chi connectivity index (χ1) is 19.2. The Bertz CT molecular complexity index is 1110. The molecule has 1 spiro atoms. The van der Waals surface area contributed by atoms with Crippen molar-refractivity contribution < 1.29 is 19.5 Å². The highest BCUT2D eigenvalue weighted by atomic mass is 32.2. The molecule has 3 aliphatic rings. The molecule has 1 N–H and O–H groups in total. The van der Waals surface area contributed by atoms with Crippen LogP contribution in [0.4, 0.5) is 0 Å². The van der Waals surface area contributed by atoms with Crippen LogP contribution < -0.4 is 0 Å². The monoisotopic (exact) mass is 567 g/mol. The van der Waals surface area contributed by atoms with Crippen LogP contribution in [0, 0.1) is 11.8 Å². The summed E-state index contributed by atoms with van der Waals surface area (Å²) in [7, 11) is 1.75. The number of aliphatic hydroxyl groups excluding tert-OH is 1. The summed E-state index contributed by atoms with van der Waals surface area (Å²) in [5, 5.41) is 10.7. The van der Waals surface area contributed by atoms with Crippen LogP contribution in [0.5, 0.6) is 0 Å². The molecule has 40 heavy (non-hydrogen) atoms. The highest BCUT2D eigenvalue weighted by molar-refractivity contribution is 8.02. The quantitative estimate of drug-likeness (QED) is 0.272. The molecule has 0 aliphatic carbocycles. The number of hydrogen-bond donors (Lipinski definition) is 1. The maximum atomic E-state index is 14.6. The fraction of sp³-hybridized carbons (Fsp3) is 0.594. The molecule has 2 bridgehead atoms. The molecule has 3 heterocycles. The van der Waals surface area contributed by atoms with Gasteiger partial charge in [0.1, 0.15) is 6.04 Å². The molecule has 3 aliphatic heterocycles. The van der Waals surface area contributed by atoms with Crippen LogP contribution in [0.3, 0.4) is 0 Å². The molecule has 3 saturated heterocycles. The zero-order valence-electron chi connectivity index (χ0n) is 24.3. The molecule has 6 atom stereocenters. The van der Waals surface area contributed by atoms with Crippen molar-refractivity contribution in [2.45, 2.75) is 74.0 Å². The first-order valence-corrected chi connectivity index (χ1v) is 15.4. The third-order valence-electron chi connectivity index (χ3n) is 9.10. The van der Waals surface area contributed by atoms with E-state index in [9.17, 15) is 19.5 Å². The summed E-state index contributed by atoms with van der Waals surface area (Å²) in [6.45, 7) is 13.0. The predicted octanol–water partition coefficient (Wildman–Crippen LogP) is 3.92. The molecule has 3 amide bonds. The summed E-state index contributed by atoms with van der Waals surface area (Å²) in [5.41, 5.74) is 0.989. The fourth-order valence-electron chi connectivity index (χ4n) is 7.24. The summed E-state index contributed by atoms with van der Waals surface area (Å²) in [4.78, 5) is 48.2. The molecular formula is C32H45N3O4S. The van der Waals surface area contributed by atoms with E-state index in [4.69, 9.17) is 0 Å². The van der Waals surface area contributed by atoms with Gasteiger partial charge >= 0.3 is 0 Å². The lowest BCUT2D eigenvalue weighted by atomic mass is 9.66. The Labute approximate surface area is 243 Å². The number of nitrogens with zero attached hydrogens (tertiary/aromatic N) is 3. The number of hydrogen-bond acceptors (Lipinski definition) is 5. The lowest BCUT2D eigenvalue weighted by Gasteiger charge is -2.39. The van der Waals surface area contributed by atoms with Crippen molar-refractivity contribution in [3.05, 3.63) is 61.2 Å². The number of likely N-dealkylation sites (N-methyl/N-ethyl adjacent to an activating group) is 1. The average Bonchev–Trinajstić information content (AvgIpc) is 3.52. The van der Waals surface area contributed by atoms with E-state index in [0.717, 1.165) is 31.2 Å². The first kappa shape index (κ1) is 30.4. The summed E-state index contributed by atoms with van der Waals surface area (Å²) < 4.78 is -1.15. The smallest absolute Gasteiger partial charge is 0.247 e. The van der Waals surface area contributed by atoms with Crippen LogP contribution in [-0.4, -0.2) is 92.4 Å². The third kappa shape index (κ3) is 5.25. The predicted molar refractivity (Wildman–Crippen MR) is 161 cm³/mol. The number of thioether (sulfide) groups is 1. The Hall–Kier alpha value is -2.58. The molecule has 8 heteroatoms. The number of carbonyl (C=O) groups is 3. The van der Waals surface area contributed by atoms with E-state index in [2.05, 4.69) is 27.0 Å². The molecule has 0 radical (unpaired) electrons. The Balaban J connectivity index is 1.79. The highest BCUT2D eigenvalue weighted by Gasteiger charge is 2.78. The molecule has 0 saturated carbocycles. The van der Waals surface area contributed by atoms with E-state index in [1.54, 1.807) is 40.8 Å². The normalized spacial score (nSPS) is 29.2. The Morgan fingerprint density at radius 3 is 2.48 bits per heavy atom. The van der Waals surface area contributed by atoms with Crippen molar-refractivity contribution in [3.63, 3.8) is 0 Å². The second kappa shape index (κ2) is 12.5. The number of aliphatic hydroxyl groups is 1. The van der Waals surface area contributed by atoms with Crippen molar-refractivity contribution in [3.8, 4) is 0 Å². The Morgan fingerprint density at radius 2 is 1.85 bits per heavy atom. The van der Waals surface area contributed by atoms with Crippen molar-refractivity contribution in [1.29, 1.82) is 0 Å². The molecule has 3 fully saturated rings. The van der Waals surface area contributed by atoms with Gasteiger partial charge in [0, 0.05) is 31.4 Å². The lowest BCUT2D eigenvalue weighted by Crippen LogP contribution is -2.58. The van der Waals surface area contributed by atoms with E-state index in [0.29, 0.717) is 32.5 Å². The molecule has 4 rings (SSSR count). The molecule has 2 unspecified atom stereocenters. The molecular weight excluding hydrogens is 522 g/mol. The van der Waals surface area contributed by atoms with Gasteiger partial charge in [0.15, 0.2) is 0 Å². The Kier molecular flexibility index (Phi) is 9.51. The number of fused-ring (bicyclic) bond motifs is 1. The highest BCUT2D eigenvalue weighted by Crippen LogP contribution is 2.71. The van der Waals surface area contributed by atoms with Crippen LogP contribution in [0.15, 0.2) is 55.6 Å². The van der Waals surface area contributed by atoms with E-state index < -0.39 is 33.4 Å². The number of unbranched alkanes of at least 4 members (excludes halogenated alkanes) is 2. The summed E-state index contributed by atoms with van der Waals surface area (Å²) in [6, 6.07) is 8.45. The summed E-state index contributed by atoms with van der Waals surface area (Å²) in [6.07, 6.45) is 8.23. The van der Waals surface area contributed by atoms with E-state index >= 15 is 0 Å². The van der Waals surface area contributed by atoms with Crippen molar-refractivity contribution >= 4 is 29.5 Å². The van der Waals surface area contributed by atoms with Gasteiger partial charge in [0.25, 0.3) is 0 Å². The van der Waals surface area contributed by atoms with Crippen molar-refractivity contribution in [2.75, 3.05) is 33.3 Å². The second-order valence-corrected chi connectivity index (χ2v) is 13.7. The zero-order valence-corrected chi connectivity index (χ0v) is 25.1. The Morgan fingerprint density at radius 1 is 1.15 bits per heavy atom. The second-order valence-electron chi connectivity index (χ2n) is 11.8. The standard InChI is InChI=1S/C32H45N3O4S/c1-6-9-13-20-34(19-8-3)30(39)27-32-17-16-31(4,40-32)25(28(37)33(5)18-7-2)26(32)29(38)35(27)24(22-36)21-23-14-11-10-12-15-23/h7-8,10-12,14-15,24-27,36H,2-3,6,9,13,16-22H2,1,4-5H3/t24-,25-,26+,27?,31+,32?/m1/s1. The van der Waals surface area contributed by atoms with E-state index in [1.807, 2.05) is 35.2 Å². The SMILES string of the molecule is C=CCN(C)C(=O)[C@H]1[C@H]2C(=O)N([C@@H](CO)Cc3ccccc3)C(C(=O)N(CC=C)CCCCC)C23CC[C@]1(C)S3. The van der Waals surface area contributed by atoms with Crippen LogP contribution in [0.1, 0.15) is 51.5 Å². The molecule has 1 aromatic rings. The largest absolute Gasteiger partial charge is 0.394 e. The van der Waals surface area contributed by atoms with Crippen molar-refractivity contribution in [1.82, 2.24) is 14.7 Å². The summed E-state index contributed by atoms with van der Waals surface area (Å²) >= 11 is 1.67. The van der Waals surface area contributed by atoms with E-state index in [-0.39, 0.29) is 24.3 Å². The fourth-order valence-corrected chi connectivity index (χ4v) is 9.57. The van der Waals surface area contributed by atoms with Gasteiger partial charge in [-0.3, -0.25) is 14.4 Å². The minimum Gasteiger partial charge on any atom is -0.394 e. The minimum absolute atomic E-state index is 0.0719. The van der Waals surface area contributed by atoms with Crippen LogP contribution in [0.2, 0.25) is 0 Å². The number of amides is 3. The maximum absolute atomic E-state index is 14.6. The number of likely N-dealkylation sites (tertiary alicyclic amines) is 1. The van der Waals surface area contributed by atoms with Crippen LogP contribution in [0.25, 0.3) is 0 Å². The van der Waals surface area contributed by atoms with Gasteiger partial charge in [-0.25, -0.2) is 0 Å². The van der Waals surface area contributed by atoms with Gasteiger partial charge in [0.2, 0.25) is 17.7 Å². The number of rotatable bonds is 14. The number of benzene rings is 1. The van der Waals surface area contributed by atoms with Crippen molar-refractivity contribution in [2.24, 2.45) is 11.8 Å². The molecule has 7 nitrogen and oxygen atoms in total. The average molecular weight is 568 g/mol. The lowest BCUT2D eigenvalue weighted by molar-refractivity contribution is -0.147.